The van der Waals surface area contributed by atoms with Gasteiger partial charge in [0, 0.05) is 16.2 Å². The average Bonchev–Trinajstić information content (AvgIpc) is 2.72. The Bertz CT molecular complexity index is 467. The molecule has 1 aliphatic heterocycles. The monoisotopic (exact) mass is 278 g/mol. The molecular formula is C16H26N2S. The van der Waals surface area contributed by atoms with E-state index in [1.807, 2.05) is 11.3 Å². The minimum absolute atomic E-state index is 0.305. The first-order chi connectivity index (χ1) is 8.87. The van der Waals surface area contributed by atoms with Gasteiger partial charge in [0.1, 0.15) is 0 Å². The molecule has 0 atom stereocenters. The fourth-order valence-corrected chi connectivity index (χ4v) is 5.41. The maximum Gasteiger partial charge on any atom is 0.0963 e. The lowest BCUT2D eigenvalue weighted by molar-refractivity contribution is 0.232. The van der Waals surface area contributed by atoms with Gasteiger partial charge in [-0.05, 0) is 44.2 Å². The molecule has 0 bridgehead atoms. The van der Waals surface area contributed by atoms with Gasteiger partial charge in [-0.15, -0.1) is 11.3 Å². The van der Waals surface area contributed by atoms with Gasteiger partial charge in [0.2, 0.25) is 0 Å². The minimum Gasteiger partial charge on any atom is -0.317 e. The van der Waals surface area contributed by atoms with E-state index in [4.69, 9.17) is 4.98 Å². The summed E-state index contributed by atoms with van der Waals surface area (Å²) in [6, 6.07) is 0. The van der Waals surface area contributed by atoms with Gasteiger partial charge in [-0.25, -0.2) is 4.98 Å². The van der Waals surface area contributed by atoms with Crippen LogP contribution in [0.3, 0.4) is 0 Å². The zero-order valence-electron chi connectivity index (χ0n) is 12.7. The summed E-state index contributed by atoms with van der Waals surface area (Å²) in [5.74, 6) is 0.704. The first kappa shape index (κ1) is 13.6. The highest BCUT2D eigenvalue weighted by atomic mass is 32.1. The summed E-state index contributed by atoms with van der Waals surface area (Å²) in [4.78, 5) is 6.63. The Hall–Kier alpha value is -0.410. The van der Waals surface area contributed by atoms with Gasteiger partial charge in [-0.2, -0.15) is 0 Å². The predicted octanol–water partition coefficient (Wildman–Crippen LogP) is 3.86. The lowest BCUT2D eigenvalue weighted by atomic mass is 9.67. The standard InChI is InChI=1S/C16H26N2S/c1-15(2)9-12-13(16(3,4)10-15)19-14(18-12)11-5-7-17-8-6-11/h11,17H,5-10H2,1-4H3. The van der Waals surface area contributed by atoms with E-state index >= 15 is 0 Å². The van der Waals surface area contributed by atoms with E-state index in [1.54, 1.807) is 4.88 Å². The molecule has 1 aromatic rings. The highest BCUT2D eigenvalue weighted by Crippen LogP contribution is 2.48. The lowest BCUT2D eigenvalue weighted by Gasteiger charge is -2.39. The number of nitrogens with one attached hydrogen (secondary N) is 1. The molecule has 0 radical (unpaired) electrons. The first-order valence-electron chi connectivity index (χ1n) is 7.58. The number of aromatic nitrogens is 1. The highest BCUT2D eigenvalue weighted by molar-refractivity contribution is 7.12. The zero-order valence-corrected chi connectivity index (χ0v) is 13.5. The second kappa shape index (κ2) is 4.56. The number of rotatable bonds is 1. The quantitative estimate of drug-likeness (QED) is 0.844. The number of fused-ring (bicyclic) bond motifs is 1. The molecule has 106 valence electrons. The summed E-state index contributed by atoms with van der Waals surface area (Å²) in [6.45, 7) is 11.9. The molecule has 2 nitrogen and oxygen atoms in total. The minimum atomic E-state index is 0.305. The van der Waals surface area contributed by atoms with Crippen molar-refractivity contribution in [1.82, 2.24) is 10.3 Å². The van der Waals surface area contributed by atoms with E-state index in [0.717, 1.165) is 19.5 Å². The van der Waals surface area contributed by atoms with E-state index in [1.165, 1.54) is 30.0 Å². The molecule has 0 amide bonds. The second-order valence-electron chi connectivity index (χ2n) is 7.75. The van der Waals surface area contributed by atoms with Crippen LogP contribution in [-0.2, 0) is 11.8 Å². The number of nitrogens with zero attached hydrogens (tertiary/aromatic N) is 1. The topological polar surface area (TPSA) is 24.9 Å². The Balaban J connectivity index is 1.94. The Morgan fingerprint density at radius 1 is 1.16 bits per heavy atom. The van der Waals surface area contributed by atoms with Crippen LogP contribution >= 0.6 is 11.3 Å². The van der Waals surface area contributed by atoms with Crippen LogP contribution < -0.4 is 5.32 Å². The van der Waals surface area contributed by atoms with Crippen molar-refractivity contribution in [1.29, 1.82) is 0 Å². The number of hydrogen-bond donors (Lipinski definition) is 1. The van der Waals surface area contributed by atoms with Crippen LogP contribution in [0.4, 0.5) is 0 Å². The molecule has 1 saturated heterocycles. The molecule has 0 unspecified atom stereocenters. The Kier molecular flexibility index (Phi) is 3.25. The third-order valence-electron chi connectivity index (χ3n) is 4.58. The van der Waals surface area contributed by atoms with Crippen LogP contribution in [0.2, 0.25) is 0 Å². The predicted molar refractivity (Wildman–Crippen MR) is 82.1 cm³/mol. The summed E-state index contributed by atoms with van der Waals surface area (Å²) in [5.41, 5.74) is 2.11. The lowest BCUT2D eigenvalue weighted by Crippen LogP contribution is -2.33. The van der Waals surface area contributed by atoms with E-state index in [-0.39, 0.29) is 0 Å². The largest absolute Gasteiger partial charge is 0.317 e. The van der Waals surface area contributed by atoms with Gasteiger partial charge in [0.05, 0.1) is 10.7 Å². The number of hydrogen-bond acceptors (Lipinski definition) is 3. The molecule has 0 spiro atoms. The molecular weight excluding hydrogens is 252 g/mol. The van der Waals surface area contributed by atoms with E-state index in [0.29, 0.717) is 16.7 Å². The average molecular weight is 278 g/mol. The molecule has 3 rings (SSSR count). The zero-order chi connectivity index (χ0) is 13.7. The van der Waals surface area contributed by atoms with Crippen LogP contribution in [0.1, 0.15) is 68.5 Å². The van der Waals surface area contributed by atoms with Crippen molar-refractivity contribution >= 4 is 11.3 Å². The van der Waals surface area contributed by atoms with Gasteiger partial charge in [0.15, 0.2) is 0 Å². The Morgan fingerprint density at radius 2 is 1.84 bits per heavy atom. The van der Waals surface area contributed by atoms with Crippen molar-refractivity contribution < 1.29 is 0 Å². The molecule has 3 heteroatoms. The van der Waals surface area contributed by atoms with Gasteiger partial charge in [-0.1, -0.05) is 27.7 Å². The molecule has 1 aliphatic carbocycles. The molecule has 19 heavy (non-hydrogen) atoms. The molecule has 1 fully saturated rings. The highest BCUT2D eigenvalue weighted by Gasteiger charge is 2.40. The summed E-state index contributed by atoms with van der Waals surface area (Å²) >= 11 is 2.01. The van der Waals surface area contributed by atoms with Crippen molar-refractivity contribution in [3.05, 3.63) is 15.6 Å². The summed E-state index contributed by atoms with van der Waals surface area (Å²) in [6.07, 6.45) is 4.96. The van der Waals surface area contributed by atoms with Crippen LogP contribution in [0.25, 0.3) is 0 Å². The smallest absolute Gasteiger partial charge is 0.0963 e. The van der Waals surface area contributed by atoms with Crippen LogP contribution in [-0.4, -0.2) is 18.1 Å². The fraction of sp³-hybridized carbons (Fsp3) is 0.812. The summed E-state index contributed by atoms with van der Waals surface area (Å²) < 4.78 is 0. The van der Waals surface area contributed by atoms with Gasteiger partial charge < -0.3 is 5.32 Å². The Labute approximate surface area is 121 Å². The summed E-state index contributed by atoms with van der Waals surface area (Å²) in [7, 11) is 0. The van der Waals surface area contributed by atoms with E-state index in [9.17, 15) is 0 Å². The second-order valence-corrected chi connectivity index (χ2v) is 8.78. The molecule has 2 heterocycles. The molecule has 0 aromatic carbocycles. The number of piperidine rings is 1. The van der Waals surface area contributed by atoms with Crippen LogP contribution in [0.5, 0.6) is 0 Å². The SMILES string of the molecule is CC1(C)Cc2nc(C3CCNCC3)sc2C(C)(C)C1. The van der Waals surface area contributed by atoms with Gasteiger partial charge in [0.25, 0.3) is 0 Å². The fourth-order valence-electron chi connectivity index (χ4n) is 4.05. The number of thiazole rings is 1. The Morgan fingerprint density at radius 3 is 2.53 bits per heavy atom. The molecule has 1 aromatic heterocycles. The van der Waals surface area contributed by atoms with E-state index in [2.05, 4.69) is 33.0 Å². The van der Waals surface area contributed by atoms with Crippen molar-refractivity contribution in [2.24, 2.45) is 5.41 Å². The maximum absolute atomic E-state index is 5.06. The third kappa shape index (κ3) is 2.59. The molecule has 2 aliphatic rings. The van der Waals surface area contributed by atoms with Crippen molar-refractivity contribution in [3.63, 3.8) is 0 Å². The van der Waals surface area contributed by atoms with Gasteiger partial charge >= 0.3 is 0 Å². The van der Waals surface area contributed by atoms with Crippen LogP contribution in [0, 0.1) is 5.41 Å². The maximum atomic E-state index is 5.06. The van der Waals surface area contributed by atoms with E-state index < -0.39 is 0 Å². The summed E-state index contributed by atoms with van der Waals surface area (Å²) in [5, 5.41) is 4.87. The molecule has 0 saturated carbocycles. The van der Waals surface area contributed by atoms with Crippen molar-refractivity contribution in [3.8, 4) is 0 Å². The molecule has 1 N–H and O–H groups in total. The van der Waals surface area contributed by atoms with Crippen LogP contribution in [0.15, 0.2) is 0 Å². The first-order valence-corrected chi connectivity index (χ1v) is 8.40. The van der Waals surface area contributed by atoms with Gasteiger partial charge in [-0.3, -0.25) is 0 Å². The normalized spacial score (nSPS) is 26.1. The van der Waals surface area contributed by atoms with Crippen molar-refractivity contribution in [2.45, 2.75) is 64.7 Å². The third-order valence-corrected chi connectivity index (χ3v) is 6.21. The van der Waals surface area contributed by atoms with Crippen molar-refractivity contribution in [2.75, 3.05) is 13.1 Å².